The SMILES string of the molecule is CSc1ccc(CN(C)C(=O)NC(c2ccc(Cl)cc2)C2CC2)cc1. The molecule has 3 nitrogen and oxygen atoms in total. The van der Waals surface area contributed by atoms with Crippen molar-refractivity contribution in [2.45, 2.75) is 30.3 Å². The number of carbonyl (C=O) groups excluding carboxylic acids is 1. The van der Waals surface area contributed by atoms with E-state index in [0.717, 1.165) is 29.0 Å². The van der Waals surface area contributed by atoms with Gasteiger partial charge >= 0.3 is 6.03 Å². The molecule has 3 rings (SSSR count). The van der Waals surface area contributed by atoms with Crippen LogP contribution in [0.2, 0.25) is 5.02 Å². The zero-order valence-corrected chi connectivity index (χ0v) is 16.1. The molecule has 2 aromatic rings. The van der Waals surface area contributed by atoms with Crippen LogP contribution in [0, 0.1) is 5.92 Å². The van der Waals surface area contributed by atoms with Crippen molar-refractivity contribution in [2.24, 2.45) is 5.92 Å². The highest BCUT2D eigenvalue weighted by Crippen LogP contribution is 2.41. The van der Waals surface area contributed by atoms with Gasteiger partial charge in [0.25, 0.3) is 0 Å². The van der Waals surface area contributed by atoms with E-state index in [0.29, 0.717) is 12.5 Å². The minimum absolute atomic E-state index is 0.0409. The van der Waals surface area contributed by atoms with E-state index in [2.05, 4.69) is 35.8 Å². The monoisotopic (exact) mass is 374 g/mol. The normalized spacial score (nSPS) is 14.8. The van der Waals surface area contributed by atoms with E-state index in [1.54, 1.807) is 16.7 Å². The van der Waals surface area contributed by atoms with E-state index in [4.69, 9.17) is 11.6 Å². The molecule has 2 aromatic carbocycles. The van der Waals surface area contributed by atoms with E-state index in [1.807, 2.05) is 31.3 Å². The summed E-state index contributed by atoms with van der Waals surface area (Å²) in [6.45, 7) is 0.596. The van der Waals surface area contributed by atoms with E-state index < -0.39 is 0 Å². The Morgan fingerprint density at radius 1 is 1.20 bits per heavy atom. The predicted octanol–water partition coefficient (Wildman–Crippen LogP) is 5.35. The largest absolute Gasteiger partial charge is 0.331 e. The van der Waals surface area contributed by atoms with E-state index in [-0.39, 0.29) is 12.1 Å². The number of nitrogens with zero attached hydrogens (tertiary/aromatic N) is 1. The molecular weight excluding hydrogens is 352 g/mol. The topological polar surface area (TPSA) is 32.3 Å². The Morgan fingerprint density at radius 3 is 2.40 bits per heavy atom. The third kappa shape index (κ3) is 4.93. The fraction of sp³-hybridized carbons (Fsp3) is 0.350. The lowest BCUT2D eigenvalue weighted by Crippen LogP contribution is -2.39. The van der Waals surface area contributed by atoms with Crippen molar-refractivity contribution in [3.8, 4) is 0 Å². The van der Waals surface area contributed by atoms with Gasteiger partial charge in [0.15, 0.2) is 0 Å². The van der Waals surface area contributed by atoms with Crippen molar-refractivity contribution in [2.75, 3.05) is 13.3 Å². The Morgan fingerprint density at radius 2 is 1.84 bits per heavy atom. The number of hydrogen-bond acceptors (Lipinski definition) is 2. The molecule has 2 amide bonds. The number of amides is 2. The Labute approximate surface area is 158 Å². The lowest BCUT2D eigenvalue weighted by molar-refractivity contribution is 0.201. The van der Waals surface area contributed by atoms with Crippen molar-refractivity contribution in [1.82, 2.24) is 10.2 Å². The van der Waals surface area contributed by atoms with Crippen molar-refractivity contribution in [3.63, 3.8) is 0 Å². The highest BCUT2D eigenvalue weighted by Gasteiger charge is 2.33. The van der Waals surface area contributed by atoms with Crippen LogP contribution in [-0.2, 0) is 6.54 Å². The molecule has 0 bridgehead atoms. The summed E-state index contributed by atoms with van der Waals surface area (Å²) in [7, 11) is 1.84. The van der Waals surface area contributed by atoms with Crippen LogP contribution in [0.1, 0.15) is 30.0 Å². The van der Waals surface area contributed by atoms with Gasteiger partial charge in [-0.2, -0.15) is 0 Å². The van der Waals surface area contributed by atoms with Crippen LogP contribution in [0.5, 0.6) is 0 Å². The van der Waals surface area contributed by atoms with E-state index >= 15 is 0 Å². The van der Waals surface area contributed by atoms with Crippen LogP contribution in [0.3, 0.4) is 0 Å². The van der Waals surface area contributed by atoms with Gasteiger partial charge in [0.05, 0.1) is 6.04 Å². The van der Waals surface area contributed by atoms with Crippen molar-refractivity contribution >= 4 is 29.4 Å². The van der Waals surface area contributed by atoms with Crippen LogP contribution in [-0.4, -0.2) is 24.2 Å². The van der Waals surface area contributed by atoms with Gasteiger partial charge in [-0.1, -0.05) is 35.9 Å². The van der Waals surface area contributed by atoms with Crippen LogP contribution < -0.4 is 5.32 Å². The van der Waals surface area contributed by atoms with Crippen LogP contribution >= 0.6 is 23.4 Å². The van der Waals surface area contributed by atoms with Gasteiger partial charge < -0.3 is 10.2 Å². The molecule has 1 unspecified atom stereocenters. The third-order valence-corrected chi connectivity index (χ3v) is 5.52. The molecule has 1 fully saturated rings. The molecule has 25 heavy (non-hydrogen) atoms. The molecule has 0 aliphatic heterocycles. The molecule has 0 aromatic heterocycles. The number of thioether (sulfide) groups is 1. The maximum Gasteiger partial charge on any atom is 0.317 e. The molecule has 0 saturated heterocycles. The smallest absolute Gasteiger partial charge is 0.317 e. The maximum absolute atomic E-state index is 12.6. The van der Waals surface area contributed by atoms with Crippen molar-refractivity contribution < 1.29 is 4.79 Å². The Hall–Kier alpha value is -1.65. The quantitative estimate of drug-likeness (QED) is 0.691. The third-order valence-electron chi connectivity index (χ3n) is 4.53. The second-order valence-corrected chi connectivity index (χ2v) is 7.84. The lowest BCUT2D eigenvalue weighted by Gasteiger charge is -2.24. The number of hydrogen-bond donors (Lipinski definition) is 1. The molecule has 1 atom stereocenters. The van der Waals surface area contributed by atoms with Gasteiger partial charge in [-0.05, 0) is 60.4 Å². The first kappa shape index (κ1) is 18.2. The predicted molar refractivity (Wildman–Crippen MR) is 105 cm³/mol. The Balaban J connectivity index is 1.63. The summed E-state index contributed by atoms with van der Waals surface area (Å²) in [5.41, 5.74) is 2.25. The first-order chi connectivity index (χ1) is 12.1. The highest BCUT2D eigenvalue weighted by atomic mass is 35.5. The first-order valence-electron chi connectivity index (χ1n) is 8.47. The summed E-state index contributed by atoms with van der Waals surface area (Å²) < 4.78 is 0. The summed E-state index contributed by atoms with van der Waals surface area (Å²) in [6.07, 6.45) is 4.38. The van der Waals surface area contributed by atoms with Crippen molar-refractivity contribution in [3.05, 3.63) is 64.7 Å². The van der Waals surface area contributed by atoms with Gasteiger partial charge in [-0.3, -0.25) is 0 Å². The summed E-state index contributed by atoms with van der Waals surface area (Å²) in [5.74, 6) is 0.527. The molecule has 0 radical (unpaired) electrons. The molecule has 1 saturated carbocycles. The van der Waals surface area contributed by atoms with Gasteiger partial charge in [-0.25, -0.2) is 4.79 Å². The zero-order valence-electron chi connectivity index (χ0n) is 14.5. The standard InChI is InChI=1S/C20H23ClN2OS/c1-23(13-14-3-11-18(25-2)12-4-14)20(24)22-19(15-5-6-15)16-7-9-17(21)10-8-16/h3-4,7-12,15,19H,5-6,13H2,1-2H3,(H,22,24). The number of halogens is 1. The minimum Gasteiger partial charge on any atom is -0.331 e. The summed E-state index contributed by atoms with van der Waals surface area (Å²) in [6, 6.07) is 16.1. The second kappa shape index (κ2) is 8.15. The van der Waals surface area contributed by atoms with E-state index in [1.165, 1.54) is 4.90 Å². The Kier molecular flexibility index (Phi) is 5.92. The number of carbonyl (C=O) groups is 1. The summed E-state index contributed by atoms with van der Waals surface area (Å²) in [4.78, 5) is 15.6. The summed E-state index contributed by atoms with van der Waals surface area (Å²) in [5, 5.41) is 3.92. The second-order valence-electron chi connectivity index (χ2n) is 6.52. The van der Waals surface area contributed by atoms with Gasteiger partial charge in [0.1, 0.15) is 0 Å². The number of rotatable bonds is 6. The fourth-order valence-corrected chi connectivity index (χ4v) is 3.43. The summed E-state index contributed by atoms with van der Waals surface area (Å²) >= 11 is 7.70. The van der Waals surface area contributed by atoms with Gasteiger partial charge in [-0.15, -0.1) is 11.8 Å². The van der Waals surface area contributed by atoms with Gasteiger partial charge in [0, 0.05) is 23.5 Å². The number of benzene rings is 2. The molecule has 1 aliphatic carbocycles. The average molecular weight is 375 g/mol. The molecular formula is C20H23ClN2OS. The maximum atomic E-state index is 12.6. The molecule has 0 heterocycles. The van der Waals surface area contributed by atoms with Crippen LogP contribution in [0.25, 0.3) is 0 Å². The average Bonchev–Trinajstić information content (AvgIpc) is 3.46. The molecule has 132 valence electrons. The Bertz CT molecular complexity index is 713. The minimum atomic E-state index is -0.0409. The molecule has 0 spiro atoms. The molecule has 1 N–H and O–H groups in total. The van der Waals surface area contributed by atoms with Crippen LogP contribution in [0.4, 0.5) is 4.79 Å². The molecule has 1 aliphatic rings. The van der Waals surface area contributed by atoms with Crippen LogP contribution in [0.15, 0.2) is 53.4 Å². The lowest BCUT2D eigenvalue weighted by atomic mass is 10.0. The number of nitrogens with one attached hydrogen (secondary N) is 1. The van der Waals surface area contributed by atoms with Crippen molar-refractivity contribution in [1.29, 1.82) is 0 Å². The van der Waals surface area contributed by atoms with Gasteiger partial charge in [0.2, 0.25) is 0 Å². The number of urea groups is 1. The first-order valence-corrected chi connectivity index (χ1v) is 10.1. The highest BCUT2D eigenvalue weighted by molar-refractivity contribution is 7.98. The zero-order chi connectivity index (χ0) is 17.8. The van der Waals surface area contributed by atoms with E-state index in [9.17, 15) is 4.79 Å². The molecule has 5 heteroatoms. The fourth-order valence-electron chi connectivity index (χ4n) is 2.89.